The van der Waals surface area contributed by atoms with Gasteiger partial charge in [-0.2, -0.15) is 0 Å². The van der Waals surface area contributed by atoms with E-state index in [0.717, 1.165) is 5.56 Å². The van der Waals surface area contributed by atoms with Crippen molar-refractivity contribution in [2.45, 2.75) is 13.5 Å². The van der Waals surface area contributed by atoms with Crippen LogP contribution < -0.4 is 5.56 Å². The molecule has 0 aliphatic heterocycles. The SMILES string of the molecule is Cc1ccn(Cc2cc(C(=O)O)no2)c(=O)c1. The molecule has 0 saturated carbocycles. The molecule has 6 heteroatoms. The van der Waals surface area contributed by atoms with Crippen LogP contribution in [0.3, 0.4) is 0 Å². The first-order chi connectivity index (χ1) is 8.06. The van der Waals surface area contributed by atoms with E-state index >= 15 is 0 Å². The lowest BCUT2D eigenvalue weighted by Gasteiger charge is -2.01. The second-order valence-corrected chi connectivity index (χ2v) is 3.65. The minimum atomic E-state index is -1.16. The summed E-state index contributed by atoms with van der Waals surface area (Å²) in [6, 6.07) is 4.58. The zero-order valence-electron chi connectivity index (χ0n) is 9.08. The summed E-state index contributed by atoms with van der Waals surface area (Å²) in [7, 11) is 0. The van der Waals surface area contributed by atoms with E-state index in [0.29, 0.717) is 5.76 Å². The number of pyridine rings is 1. The molecule has 0 radical (unpaired) electrons. The lowest BCUT2D eigenvalue weighted by atomic mass is 10.3. The molecule has 0 bridgehead atoms. The third kappa shape index (κ3) is 2.41. The molecule has 2 rings (SSSR count). The average molecular weight is 234 g/mol. The number of rotatable bonds is 3. The van der Waals surface area contributed by atoms with Gasteiger partial charge in [-0.15, -0.1) is 0 Å². The number of aromatic nitrogens is 2. The van der Waals surface area contributed by atoms with Crippen LogP contribution in [-0.2, 0) is 6.54 Å². The maximum absolute atomic E-state index is 11.6. The first kappa shape index (κ1) is 11.1. The topological polar surface area (TPSA) is 85.3 Å². The summed E-state index contributed by atoms with van der Waals surface area (Å²) in [5.74, 6) is -0.829. The molecule has 0 saturated heterocycles. The molecule has 2 aromatic heterocycles. The Morgan fingerprint density at radius 2 is 2.29 bits per heavy atom. The van der Waals surface area contributed by atoms with Gasteiger partial charge in [0.25, 0.3) is 5.56 Å². The van der Waals surface area contributed by atoms with Gasteiger partial charge in [-0.1, -0.05) is 5.16 Å². The molecule has 2 aromatic rings. The molecule has 2 heterocycles. The highest BCUT2D eigenvalue weighted by atomic mass is 16.5. The molecule has 6 nitrogen and oxygen atoms in total. The predicted octanol–water partition coefficient (Wildman–Crippen LogP) is 0.891. The Kier molecular flexibility index (Phi) is 2.78. The fourth-order valence-corrected chi connectivity index (χ4v) is 1.39. The van der Waals surface area contributed by atoms with Gasteiger partial charge in [-0.3, -0.25) is 4.79 Å². The first-order valence-electron chi connectivity index (χ1n) is 4.92. The van der Waals surface area contributed by atoms with Crippen LogP contribution in [0.15, 0.2) is 33.7 Å². The standard InChI is InChI=1S/C11H10N2O4/c1-7-2-3-13(10(14)4-7)6-8-5-9(11(15)16)12-17-8/h2-5H,6H2,1H3,(H,15,16). The summed E-state index contributed by atoms with van der Waals surface area (Å²) in [5, 5.41) is 12.0. The Labute approximate surface area is 96.1 Å². The quantitative estimate of drug-likeness (QED) is 0.852. The second kappa shape index (κ2) is 4.25. The Morgan fingerprint density at radius 3 is 2.88 bits per heavy atom. The van der Waals surface area contributed by atoms with Gasteiger partial charge in [-0.05, 0) is 18.6 Å². The lowest BCUT2D eigenvalue weighted by molar-refractivity contribution is 0.0685. The fourth-order valence-electron chi connectivity index (χ4n) is 1.39. The number of hydrogen-bond acceptors (Lipinski definition) is 4. The highest BCUT2D eigenvalue weighted by molar-refractivity contribution is 5.85. The van der Waals surface area contributed by atoms with Gasteiger partial charge in [0.15, 0.2) is 11.5 Å². The fraction of sp³-hybridized carbons (Fsp3) is 0.182. The molecule has 0 atom stereocenters. The van der Waals surface area contributed by atoms with Crippen LogP contribution in [0.25, 0.3) is 0 Å². The van der Waals surface area contributed by atoms with E-state index in [1.807, 2.05) is 6.92 Å². The smallest absolute Gasteiger partial charge is 0.358 e. The first-order valence-corrected chi connectivity index (χ1v) is 4.92. The van der Waals surface area contributed by atoms with Crippen LogP contribution in [-0.4, -0.2) is 20.8 Å². The maximum Gasteiger partial charge on any atom is 0.358 e. The van der Waals surface area contributed by atoms with Crippen LogP contribution in [0, 0.1) is 6.92 Å². The summed E-state index contributed by atoms with van der Waals surface area (Å²) >= 11 is 0. The normalized spacial score (nSPS) is 10.4. The Hall–Kier alpha value is -2.37. The van der Waals surface area contributed by atoms with Crippen LogP contribution in [0.2, 0.25) is 0 Å². The van der Waals surface area contributed by atoms with Crippen molar-refractivity contribution in [3.63, 3.8) is 0 Å². The van der Waals surface area contributed by atoms with Gasteiger partial charge >= 0.3 is 5.97 Å². The molecular formula is C11H10N2O4. The molecule has 0 aliphatic rings. The number of aromatic carboxylic acids is 1. The second-order valence-electron chi connectivity index (χ2n) is 3.65. The van der Waals surface area contributed by atoms with Crippen molar-refractivity contribution < 1.29 is 14.4 Å². The number of carboxylic acids is 1. The molecule has 0 aromatic carbocycles. The summed E-state index contributed by atoms with van der Waals surface area (Å²) in [5.41, 5.74) is 0.536. The van der Waals surface area contributed by atoms with Gasteiger partial charge in [0.1, 0.15) is 0 Å². The minimum absolute atomic E-state index is 0.166. The number of carbonyl (C=O) groups is 1. The van der Waals surface area contributed by atoms with Crippen molar-refractivity contribution in [1.29, 1.82) is 0 Å². The Morgan fingerprint density at radius 1 is 1.53 bits per heavy atom. The number of aryl methyl sites for hydroxylation is 1. The zero-order valence-corrected chi connectivity index (χ0v) is 9.08. The third-order valence-electron chi connectivity index (χ3n) is 2.26. The largest absolute Gasteiger partial charge is 0.476 e. The summed E-state index contributed by atoms with van der Waals surface area (Å²) in [6.07, 6.45) is 1.63. The van der Waals surface area contributed by atoms with E-state index in [1.54, 1.807) is 12.3 Å². The highest BCUT2D eigenvalue weighted by Gasteiger charge is 2.11. The summed E-state index contributed by atoms with van der Waals surface area (Å²) in [6.45, 7) is 1.99. The Bertz CT molecular complexity index is 612. The molecule has 88 valence electrons. The highest BCUT2D eigenvalue weighted by Crippen LogP contribution is 2.05. The average Bonchev–Trinajstić information content (AvgIpc) is 2.71. The van der Waals surface area contributed by atoms with Gasteiger partial charge in [0, 0.05) is 18.3 Å². The number of nitrogens with zero attached hydrogens (tertiary/aromatic N) is 2. The van der Waals surface area contributed by atoms with Crippen molar-refractivity contribution >= 4 is 5.97 Å². The van der Waals surface area contributed by atoms with Crippen LogP contribution in [0.5, 0.6) is 0 Å². The van der Waals surface area contributed by atoms with E-state index in [1.165, 1.54) is 16.7 Å². The van der Waals surface area contributed by atoms with Crippen LogP contribution >= 0.6 is 0 Å². The van der Waals surface area contributed by atoms with Gasteiger partial charge in [-0.25, -0.2) is 4.79 Å². The van der Waals surface area contributed by atoms with Crippen LogP contribution in [0.1, 0.15) is 21.8 Å². The lowest BCUT2D eigenvalue weighted by Crippen LogP contribution is -2.18. The number of carboxylic acid groups (broad SMARTS) is 1. The summed E-state index contributed by atoms with van der Waals surface area (Å²) in [4.78, 5) is 22.2. The summed E-state index contributed by atoms with van der Waals surface area (Å²) < 4.78 is 6.24. The van der Waals surface area contributed by atoms with Crippen molar-refractivity contribution in [2.24, 2.45) is 0 Å². The molecule has 0 amide bonds. The minimum Gasteiger partial charge on any atom is -0.476 e. The maximum atomic E-state index is 11.6. The van der Waals surface area contributed by atoms with E-state index in [9.17, 15) is 9.59 Å². The molecule has 0 aliphatic carbocycles. The van der Waals surface area contributed by atoms with Gasteiger partial charge in [0.2, 0.25) is 0 Å². The van der Waals surface area contributed by atoms with E-state index in [2.05, 4.69) is 5.16 Å². The van der Waals surface area contributed by atoms with E-state index in [-0.39, 0.29) is 17.8 Å². The Balaban J connectivity index is 2.25. The van der Waals surface area contributed by atoms with Crippen molar-refractivity contribution in [2.75, 3.05) is 0 Å². The van der Waals surface area contributed by atoms with Crippen molar-refractivity contribution in [1.82, 2.24) is 9.72 Å². The zero-order chi connectivity index (χ0) is 12.4. The predicted molar refractivity (Wildman–Crippen MR) is 58.0 cm³/mol. The number of hydrogen-bond donors (Lipinski definition) is 1. The van der Waals surface area contributed by atoms with Crippen molar-refractivity contribution in [3.8, 4) is 0 Å². The molecular weight excluding hydrogens is 224 g/mol. The monoisotopic (exact) mass is 234 g/mol. The molecule has 0 unspecified atom stereocenters. The third-order valence-corrected chi connectivity index (χ3v) is 2.26. The molecule has 0 spiro atoms. The van der Waals surface area contributed by atoms with Gasteiger partial charge in [0.05, 0.1) is 6.54 Å². The van der Waals surface area contributed by atoms with Crippen molar-refractivity contribution in [3.05, 3.63) is 51.8 Å². The molecule has 1 N–H and O–H groups in total. The van der Waals surface area contributed by atoms with Gasteiger partial charge < -0.3 is 14.2 Å². The van der Waals surface area contributed by atoms with E-state index < -0.39 is 5.97 Å². The molecule has 0 fully saturated rings. The molecule has 17 heavy (non-hydrogen) atoms. The van der Waals surface area contributed by atoms with Crippen LogP contribution in [0.4, 0.5) is 0 Å². The van der Waals surface area contributed by atoms with E-state index in [4.69, 9.17) is 9.63 Å².